The number of unbranched alkanes of at least 4 members (excludes halogenated alkanes) is 1. The number of hydrogen-bond acceptors (Lipinski definition) is 6. The molecule has 8 nitrogen and oxygen atoms in total. The number of morpholine rings is 1. The molecule has 0 radical (unpaired) electrons. The number of fused-ring (bicyclic) bond motifs is 2. The van der Waals surface area contributed by atoms with Crippen LogP contribution >= 0.6 is 35.6 Å². The molecular formula is C42H48Cl3F6N3O5. The van der Waals surface area contributed by atoms with E-state index in [1.807, 2.05) is 19.1 Å². The molecule has 0 bridgehead atoms. The van der Waals surface area contributed by atoms with Crippen LogP contribution in [0.1, 0.15) is 77.2 Å². The van der Waals surface area contributed by atoms with Gasteiger partial charge < -0.3 is 29.3 Å². The zero-order valence-corrected chi connectivity index (χ0v) is 34.8. The fourth-order valence-corrected chi connectivity index (χ4v) is 8.98. The predicted molar refractivity (Wildman–Crippen MR) is 214 cm³/mol. The second-order valence-electron chi connectivity index (χ2n) is 15.3. The fourth-order valence-electron chi connectivity index (χ4n) is 8.68. The van der Waals surface area contributed by atoms with E-state index in [4.69, 9.17) is 32.7 Å². The van der Waals surface area contributed by atoms with Crippen molar-refractivity contribution in [1.82, 2.24) is 14.7 Å². The summed E-state index contributed by atoms with van der Waals surface area (Å²) < 4.78 is 95.2. The number of halogens is 9. The summed E-state index contributed by atoms with van der Waals surface area (Å²) in [4.78, 5) is 32.3. The van der Waals surface area contributed by atoms with Gasteiger partial charge in [-0.05, 0) is 106 Å². The minimum absolute atomic E-state index is 0. The molecule has 6 rings (SSSR count). The molecular weight excluding hydrogens is 847 g/mol. The summed E-state index contributed by atoms with van der Waals surface area (Å²) in [7, 11) is 0. The number of carbonyl (C=O) groups is 2. The average Bonchev–Trinajstić information content (AvgIpc) is 3.50. The van der Waals surface area contributed by atoms with E-state index >= 15 is 0 Å². The Kier molecular flexibility index (Phi) is 15.4. The highest BCUT2D eigenvalue weighted by molar-refractivity contribution is 6.42. The highest BCUT2D eigenvalue weighted by Crippen LogP contribution is 2.48. The van der Waals surface area contributed by atoms with Crippen LogP contribution in [-0.4, -0.2) is 103 Å². The Morgan fingerprint density at radius 3 is 2.24 bits per heavy atom. The largest absolute Gasteiger partial charge is 0.416 e. The van der Waals surface area contributed by atoms with Crippen LogP contribution in [0, 0.1) is 0 Å². The molecule has 17 heteroatoms. The van der Waals surface area contributed by atoms with Crippen LogP contribution in [0.25, 0.3) is 0 Å². The third kappa shape index (κ3) is 10.5. The molecule has 59 heavy (non-hydrogen) atoms. The van der Waals surface area contributed by atoms with E-state index < -0.39 is 40.6 Å². The molecule has 2 amide bonds. The number of nitrogens with zero attached hydrogens (tertiary/aromatic N) is 3. The number of amides is 2. The minimum atomic E-state index is -5.11. The van der Waals surface area contributed by atoms with Gasteiger partial charge in [0.15, 0.2) is 0 Å². The zero-order chi connectivity index (χ0) is 41.9. The lowest BCUT2D eigenvalue weighted by molar-refractivity contribution is -0.143. The van der Waals surface area contributed by atoms with E-state index in [1.165, 1.54) is 16.0 Å². The molecule has 0 saturated carbocycles. The molecule has 2 saturated heterocycles. The van der Waals surface area contributed by atoms with Gasteiger partial charge in [0.2, 0.25) is 5.91 Å². The van der Waals surface area contributed by atoms with Gasteiger partial charge in [0, 0.05) is 43.8 Å². The van der Waals surface area contributed by atoms with Crippen LogP contribution < -0.4 is 0 Å². The maximum atomic E-state index is 13.8. The first-order valence-corrected chi connectivity index (χ1v) is 20.2. The zero-order valence-electron chi connectivity index (χ0n) is 32.5. The average molecular weight is 895 g/mol. The monoisotopic (exact) mass is 893 g/mol. The number of likely N-dealkylation sites (N-methyl/N-ethyl adjacent to an activating group) is 1. The first-order valence-electron chi connectivity index (χ1n) is 19.5. The maximum Gasteiger partial charge on any atom is 0.416 e. The van der Waals surface area contributed by atoms with Crippen LogP contribution in [-0.2, 0) is 44.1 Å². The van der Waals surface area contributed by atoms with Crippen molar-refractivity contribution in [1.29, 1.82) is 0 Å². The summed E-state index contributed by atoms with van der Waals surface area (Å²) in [6.07, 6.45) is -6.66. The van der Waals surface area contributed by atoms with Gasteiger partial charge in [0.1, 0.15) is 12.2 Å². The van der Waals surface area contributed by atoms with Crippen LogP contribution in [0.3, 0.4) is 0 Å². The molecule has 2 heterocycles. The van der Waals surface area contributed by atoms with Crippen LogP contribution in [0.5, 0.6) is 0 Å². The minimum Gasteiger partial charge on any atom is -0.396 e. The number of piperidine rings is 1. The third-order valence-corrected chi connectivity index (χ3v) is 12.6. The summed E-state index contributed by atoms with van der Waals surface area (Å²) in [5.41, 5.74) is -2.46. The fraction of sp³-hybridized carbons (Fsp3) is 0.524. The molecule has 1 spiro atoms. The third-order valence-electron chi connectivity index (χ3n) is 11.9. The summed E-state index contributed by atoms with van der Waals surface area (Å²) in [6.45, 7) is 4.58. The second-order valence-corrected chi connectivity index (χ2v) is 16.1. The van der Waals surface area contributed by atoms with E-state index in [1.54, 1.807) is 23.1 Å². The van der Waals surface area contributed by atoms with E-state index in [2.05, 4.69) is 17.0 Å². The molecule has 3 aromatic carbocycles. The van der Waals surface area contributed by atoms with Crippen LogP contribution in [0.15, 0.2) is 60.7 Å². The van der Waals surface area contributed by atoms with Crippen molar-refractivity contribution in [2.45, 2.75) is 74.9 Å². The highest BCUT2D eigenvalue weighted by Gasteiger charge is 2.50. The number of benzene rings is 3. The van der Waals surface area contributed by atoms with Crippen molar-refractivity contribution in [3.05, 3.63) is 104 Å². The van der Waals surface area contributed by atoms with Crippen molar-refractivity contribution in [3.8, 4) is 0 Å². The van der Waals surface area contributed by atoms with E-state index in [-0.39, 0.29) is 78.9 Å². The molecule has 2 fully saturated rings. The smallest absolute Gasteiger partial charge is 0.396 e. The SMILES string of the molecule is CCN(CCCCO)C(=O)CO[C@H]1Cc2ccccc2C12CCN(CC[C@@]1(c3ccc(Cl)c(Cl)c3)CN(C(=O)c3cc(C(F)(F)F)cc(C(F)(F)F)c3)CCO1)CC2.Cl. The van der Waals surface area contributed by atoms with Crippen LogP contribution in [0.4, 0.5) is 26.3 Å². The molecule has 0 aromatic heterocycles. The Morgan fingerprint density at radius 1 is 0.932 bits per heavy atom. The number of carbonyl (C=O) groups excluding carboxylic acids is 2. The Labute approximate surface area is 356 Å². The summed E-state index contributed by atoms with van der Waals surface area (Å²) >= 11 is 12.7. The standard InChI is InChI=1S/C42H47Cl2F6N3O5.ClH/c1-2-52(14-5-6-19-54)37(55)26-57-36-23-28-7-3-4-8-33(28)39(36)11-15-51(16-12-39)17-13-40(30-9-10-34(43)35(44)25-30)27-53(18-20-58-40)38(56)29-21-31(41(45,46)47)24-32(22-29)42(48,49)50;/h3-4,7-10,21-22,24-25,36,54H,2,5-6,11-20,23,26-27H2,1H3;1H/t36-,40-;/m0./s1. The molecule has 2 aliphatic heterocycles. The number of hydrogen-bond donors (Lipinski definition) is 1. The van der Waals surface area contributed by atoms with Gasteiger partial charge in [0.25, 0.3) is 5.91 Å². The van der Waals surface area contributed by atoms with Gasteiger partial charge in [-0.25, -0.2) is 0 Å². The quantitative estimate of drug-likeness (QED) is 0.137. The van der Waals surface area contributed by atoms with Gasteiger partial charge in [-0.15, -0.1) is 12.4 Å². The Balaban J connectivity index is 0.00000661. The first-order chi connectivity index (χ1) is 27.5. The summed E-state index contributed by atoms with van der Waals surface area (Å²) in [5.74, 6) is -1.08. The topological polar surface area (TPSA) is 82.5 Å². The molecule has 3 aromatic rings. The Hall–Kier alpha value is -3.11. The second kappa shape index (κ2) is 19.3. The molecule has 1 aliphatic carbocycles. The number of ether oxygens (including phenoxy) is 2. The van der Waals surface area contributed by atoms with Crippen molar-refractivity contribution in [2.75, 3.05) is 65.6 Å². The lowest BCUT2D eigenvalue weighted by Gasteiger charge is -2.46. The lowest BCUT2D eigenvalue weighted by atomic mass is 9.72. The van der Waals surface area contributed by atoms with Gasteiger partial charge in [0.05, 0.1) is 40.4 Å². The molecule has 3 aliphatic rings. The molecule has 2 atom stereocenters. The Bertz CT molecular complexity index is 1910. The van der Waals surface area contributed by atoms with Crippen molar-refractivity contribution >= 4 is 47.4 Å². The number of alkyl halides is 6. The number of aliphatic hydroxyl groups excluding tert-OH is 1. The van der Waals surface area contributed by atoms with E-state index in [0.717, 1.165) is 12.8 Å². The number of aliphatic hydroxyl groups is 1. The van der Waals surface area contributed by atoms with Gasteiger partial charge >= 0.3 is 12.4 Å². The van der Waals surface area contributed by atoms with Gasteiger partial charge in [-0.2, -0.15) is 26.3 Å². The van der Waals surface area contributed by atoms with E-state index in [0.29, 0.717) is 76.1 Å². The number of rotatable bonds is 13. The van der Waals surface area contributed by atoms with E-state index in [9.17, 15) is 41.0 Å². The molecule has 324 valence electrons. The Morgan fingerprint density at radius 2 is 1.61 bits per heavy atom. The normalized spacial score (nSPS) is 20.6. The van der Waals surface area contributed by atoms with Gasteiger partial charge in [-0.3, -0.25) is 9.59 Å². The van der Waals surface area contributed by atoms with Crippen molar-refractivity contribution in [3.63, 3.8) is 0 Å². The molecule has 0 unspecified atom stereocenters. The highest BCUT2D eigenvalue weighted by atomic mass is 35.5. The first kappa shape index (κ1) is 46.9. The summed E-state index contributed by atoms with van der Waals surface area (Å²) in [6, 6.07) is 14.0. The predicted octanol–water partition coefficient (Wildman–Crippen LogP) is 8.81. The van der Waals surface area contributed by atoms with Crippen molar-refractivity contribution in [2.24, 2.45) is 0 Å². The summed E-state index contributed by atoms with van der Waals surface area (Å²) in [5, 5.41) is 9.66. The lowest BCUT2D eigenvalue weighted by Crippen LogP contribution is -2.54. The van der Waals surface area contributed by atoms with Gasteiger partial charge in [-0.1, -0.05) is 53.5 Å². The van der Waals surface area contributed by atoms with Crippen molar-refractivity contribution < 1.29 is 50.5 Å². The number of likely N-dealkylation sites (tertiary alicyclic amines) is 1. The molecule has 1 N–H and O–H groups in total. The maximum absolute atomic E-state index is 13.8. The van der Waals surface area contributed by atoms with Crippen LogP contribution in [0.2, 0.25) is 10.0 Å².